The average Bonchev–Trinajstić information content (AvgIpc) is 2.75. The summed E-state index contributed by atoms with van der Waals surface area (Å²) in [5.41, 5.74) is 1.77. The molecule has 2 rings (SSSR count). The van der Waals surface area contributed by atoms with Crippen molar-refractivity contribution in [3.8, 4) is 5.75 Å². The van der Waals surface area contributed by atoms with E-state index in [0.717, 1.165) is 22.0 Å². The van der Waals surface area contributed by atoms with Crippen LogP contribution in [-0.2, 0) is 0 Å². The van der Waals surface area contributed by atoms with Gasteiger partial charge >= 0.3 is 0 Å². The third kappa shape index (κ3) is 3.09. The molecule has 3 nitrogen and oxygen atoms in total. The van der Waals surface area contributed by atoms with E-state index in [9.17, 15) is 5.11 Å². The Labute approximate surface area is 111 Å². The molecule has 2 aromatic rings. The van der Waals surface area contributed by atoms with Gasteiger partial charge in [0.15, 0.2) is 0 Å². The highest BCUT2D eigenvalue weighted by Gasteiger charge is 2.13. The van der Waals surface area contributed by atoms with Gasteiger partial charge in [-0.3, -0.25) is 0 Å². The molecule has 0 aliphatic carbocycles. The molecule has 1 heterocycles. The fourth-order valence-electron chi connectivity index (χ4n) is 1.64. The van der Waals surface area contributed by atoms with Gasteiger partial charge in [-0.05, 0) is 38.5 Å². The molecule has 0 fully saturated rings. The van der Waals surface area contributed by atoms with Gasteiger partial charge in [0.2, 0.25) is 0 Å². The molecule has 0 saturated carbocycles. The van der Waals surface area contributed by atoms with Crippen LogP contribution in [0.5, 0.6) is 5.75 Å². The maximum atomic E-state index is 10.2. The number of hydrogen-bond acceptors (Lipinski definition) is 4. The van der Waals surface area contributed by atoms with Crippen LogP contribution in [0.25, 0.3) is 0 Å². The topological polar surface area (TPSA) is 42.4 Å². The van der Waals surface area contributed by atoms with E-state index in [1.54, 1.807) is 0 Å². The molecule has 0 saturated heterocycles. The van der Waals surface area contributed by atoms with Crippen molar-refractivity contribution in [3.05, 3.63) is 45.9 Å². The zero-order valence-electron chi connectivity index (χ0n) is 10.8. The predicted molar refractivity (Wildman–Crippen MR) is 73.1 cm³/mol. The lowest BCUT2D eigenvalue weighted by Gasteiger charge is -2.12. The third-order valence-corrected chi connectivity index (χ3v) is 3.45. The number of nitrogens with zero attached hydrogens (tertiary/aromatic N) is 1. The number of rotatable bonds is 4. The monoisotopic (exact) mass is 263 g/mol. The molecule has 0 spiro atoms. The van der Waals surface area contributed by atoms with Crippen molar-refractivity contribution in [1.82, 2.24) is 4.98 Å². The van der Waals surface area contributed by atoms with Crippen LogP contribution in [0.4, 0.5) is 0 Å². The van der Waals surface area contributed by atoms with E-state index in [1.807, 2.05) is 50.4 Å². The molecule has 1 N–H and O–H groups in total. The summed E-state index contributed by atoms with van der Waals surface area (Å²) in [7, 11) is 0. The van der Waals surface area contributed by atoms with Crippen molar-refractivity contribution in [2.75, 3.05) is 0 Å². The van der Waals surface area contributed by atoms with Crippen molar-refractivity contribution in [1.29, 1.82) is 0 Å². The number of aromatic nitrogens is 1. The second-order valence-electron chi connectivity index (χ2n) is 4.47. The van der Waals surface area contributed by atoms with Gasteiger partial charge in [-0.2, -0.15) is 0 Å². The standard InChI is InChI=1S/C14H17NO2S/c1-9(2)17-12-6-4-11(5-7-12)13(16)14-15-10(3)8-18-14/h4-9,13,16H,1-3H3. The lowest BCUT2D eigenvalue weighted by molar-refractivity contribution is 0.218. The molecule has 18 heavy (non-hydrogen) atoms. The molecule has 0 radical (unpaired) electrons. The number of thiazole rings is 1. The Hall–Kier alpha value is -1.39. The maximum Gasteiger partial charge on any atom is 0.131 e. The molecule has 1 unspecified atom stereocenters. The van der Waals surface area contributed by atoms with Crippen LogP contribution < -0.4 is 4.74 Å². The van der Waals surface area contributed by atoms with Crippen molar-refractivity contribution in [3.63, 3.8) is 0 Å². The second-order valence-corrected chi connectivity index (χ2v) is 5.35. The predicted octanol–water partition coefficient (Wildman–Crippen LogP) is 3.32. The summed E-state index contributed by atoms with van der Waals surface area (Å²) < 4.78 is 5.56. The van der Waals surface area contributed by atoms with Crippen LogP contribution in [0.1, 0.15) is 36.2 Å². The molecule has 0 aliphatic rings. The highest BCUT2D eigenvalue weighted by molar-refractivity contribution is 7.09. The fourth-order valence-corrected chi connectivity index (χ4v) is 2.45. The second kappa shape index (κ2) is 5.50. The summed E-state index contributed by atoms with van der Waals surface area (Å²) in [6.07, 6.45) is -0.501. The van der Waals surface area contributed by atoms with E-state index in [1.165, 1.54) is 11.3 Å². The minimum absolute atomic E-state index is 0.155. The molecule has 4 heteroatoms. The van der Waals surface area contributed by atoms with Gasteiger partial charge < -0.3 is 9.84 Å². The summed E-state index contributed by atoms with van der Waals surface area (Å²) in [5.74, 6) is 0.816. The highest BCUT2D eigenvalue weighted by atomic mass is 32.1. The summed E-state index contributed by atoms with van der Waals surface area (Å²) >= 11 is 1.47. The minimum atomic E-state index is -0.656. The Kier molecular flexibility index (Phi) is 3.99. The summed E-state index contributed by atoms with van der Waals surface area (Å²) in [6, 6.07) is 7.50. The van der Waals surface area contributed by atoms with Crippen LogP contribution in [0.2, 0.25) is 0 Å². The SMILES string of the molecule is Cc1csc(C(O)c2ccc(OC(C)C)cc2)n1. The molecule has 1 atom stereocenters. The Balaban J connectivity index is 2.14. The van der Waals surface area contributed by atoms with E-state index in [-0.39, 0.29) is 6.10 Å². The lowest BCUT2D eigenvalue weighted by atomic mass is 10.1. The molecular formula is C14H17NO2S. The number of aliphatic hydroxyl groups excluding tert-OH is 1. The largest absolute Gasteiger partial charge is 0.491 e. The molecule has 1 aromatic heterocycles. The van der Waals surface area contributed by atoms with Gasteiger partial charge in [0.1, 0.15) is 16.9 Å². The fraction of sp³-hybridized carbons (Fsp3) is 0.357. The number of aliphatic hydroxyl groups is 1. The van der Waals surface area contributed by atoms with Crippen LogP contribution in [0.3, 0.4) is 0 Å². The van der Waals surface area contributed by atoms with Crippen molar-refractivity contribution in [2.45, 2.75) is 33.0 Å². The first kappa shape index (κ1) is 13.1. The van der Waals surface area contributed by atoms with Gasteiger partial charge in [-0.1, -0.05) is 12.1 Å². The first-order valence-electron chi connectivity index (χ1n) is 5.93. The van der Waals surface area contributed by atoms with E-state index >= 15 is 0 Å². The molecule has 0 bridgehead atoms. The smallest absolute Gasteiger partial charge is 0.131 e. The Morgan fingerprint density at radius 2 is 1.89 bits per heavy atom. The van der Waals surface area contributed by atoms with Gasteiger partial charge in [-0.25, -0.2) is 4.98 Å². The first-order valence-corrected chi connectivity index (χ1v) is 6.81. The molecule has 1 aromatic carbocycles. The Morgan fingerprint density at radius 1 is 1.22 bits per heavy atom. The summed E-state index contributed by atoms with van der Waals surface area (Å²) in [6.45, 7) is 5.90. The molecule has 0 amide bonds. The average molecular weight is 263 g/mol. The molecule has 0 aliphatic heterocycles. The van der Waals surface area contributed by atoms with Gasteiger partial charge in [0.25, 0.3) is 0 Å². The number of aryl methyl sites for hydroxylation is 1. The Morgan fingerprint density at radius 3 is 2.39 bits per heavy atom. The first-order chi connectivity index (χ1) is 8.56. The van der Waals surface area contributed by atoms with Crippen molar-refractivity contribution < 1.29 is 9.84 Å². The zero-order valence-corrected chi connectivity index (χ0v) is 11.6. The van der Waals surface area contributed by atoms with Gasteiger partial charge in [-0.15, -0.1) is 11.3 Å². The minimum Gasteiger partial charge on any atom is -0.491 e. The number of hydrogen-bond donors (Lipinski definition) is 1. The summed E-state index contributed by atoms with van der Waals surface area (Å²) in [5, 5.41) is 12.9. The van der Waals surface area contributed by atoms with E-state index < -0.39 is 6.10 Å². The van der Waals surface area contributed by atoms with E-state index in [0.29, 0.717) is 0 Å². The quantitative estimate of drug-likeness (QED) is 0.920. The molecular weight excluding hydrogens is 246 g/mol. The van der Waals surface area contributed by atoms with Crippen LogP contribution >= 0.6 is 11.3 Å². The molecule has 96 valence electrons. The van der Waals surface area contributed by atoms with Crippen LogP contribution in [0, 0.1) is 6.92 Å². The highest BCUT2D eigenvalue weighted by Crippen LogP contribution is 2.26. The third-order valence-electron chi connectivity index (χ3n) is 2.44. The van der Waals surface area contributed by atoms with E-state index in [2.05, 4.69) is 4.98 Å². The maximum absolute atomic E-state index is 10.2. The van der Waals surface area contributed by atoms with Gasteiger partial charge in [0, 0.05) is 11.1 Å². The Bertz CT molecular complexity index is 505. The van der Waals surface area contributed by atoms with Crippen LogP contribution in [-0.4, -0.2) is 16.2 Å². The van der Waals surface area contributed by atoms with Crippen molar-refractivity contribution >= 4 is 11.3 Å². The lowest BCUT2D eigenvalue weighted by Crippen LogP contribution is -2.05. The normalized spacial score (nSPS) is 12.7. The van der Waals surface area contributed by atoms with E-state index in [4.69, 9.17) is 4.74 Å². The van der Waals surface area contributed by atoms with Gasteiger partial charge in [0.05, 0.1) is 6.10 Å². The number of benzene rings is 1. The zero-order chi connectivity index (χ0) is 13.1. The van der Waals surface area contributed by atoms with Crippen LogP contribution in [0.15, 0.2) is 29.6 Å². The number of ether oxygens (including phenoxy) is 1. The van der Waals surface area contributed by atoms with Crippen molar-refractivity contribution in [2.24, 2.45) is 0 Å². The summed E-state index contributed by atoms with van der Waals surface area (Å²) in [4.78, 5) is 4.30.